The molecule has 37 heavy (non-hydrogen) atoms. The first-order valence-corrected chi connectivity index (χ1v) is 12.2. The molecule has 0 aliphatic heterocycles. The predicted octanol–water partition coefficient (Wildman–Crippen LogP) is 5.56. The molecule has 7 heteroatoms. The molecule has 0 saturated heterocycles. The summed E-state index contributed by atoms with van der Waals surface area (Å²) < 4.78 is 15.3. The summed E-state index contributed by atoms with van der Waals surface area (Å²) in [5.41, 5.74) is 4.77. The molecule has 0 spiro atoms. The van der Waals surface area contributed by atoms with E-state index in [1.807, 2.05) is 90.3 Å². The van der Waals surface area contributed by atoms with Crippen LogP contribution in [0.3, 0.4) is 0 Å². The van der Waals surface area contributed by atoms with Gasteiger partial charge in [0.25, 0.3) is 5.65 Å². The van der Waals surface area contributed by atoms with Crippen molar-refractivity contribution in [3.63, 3.8) is 0 Å². The quantitative estimate of drug-likeness (QED) is 0.289. The maximum atomic E-state index is 13.6. The normalized spacial score (nSPS) is 11.0. The lowest BCUT2D eigenvalue weighted by Crippen LogP contribution is -2.38. The molecule has 0 bridgehead atoms. The molecule has 0 radical (unpaired) electrons. The smallest absolute Gasteiger partial charge is 0.341 e. The van der Waals surface area contributed by atoms with Crippen molar-refractivity contribution in [1.82, 2.24) is 4.57 Å². The summed E-state index contributed by atoms with van der Waals surface area (Å²) in [6.07, 6.45) is 1.94. The molecule has 0 amide bonds. The van der Waals surface area contributed by atoms with Gasteiger partial charge in [0.05, 0.1) is 18.9 Å². The number of phenolic OH excluding ortho intramolecular Hbond substituents is 1. The zero-order valence-corrected chi connectivity index (χ0v) is 21.3. The number of halogens is 1. The number of aromatic nitrogens is 2. The van der Waals surface area contributed by atoms with Crippen molar-refractivity contribution in [3.8, 4) is 28.5 Å². The number of fused-ring (bicyclic) bond motifs is 1. The van der Waals surface area contributed by atoms with Crippen molar-refractivity contribution in [2.75, 3.05) is 7.11 Å². The third-order valence-corrected chi connectivity index (χ3v) is 6.50. The highest BCUT2D eigenvalue weighted by Crippen LogP contribution is 2.30. The first kappa shape index (κ1) is 24.4. The monoisotopic (exact) mass is 513 g/mol. The molecule has 5 aromatic rings. The molecule has 0 fully saturated rings. The Kier molecular flexibility index (Phi) is 6.84. The van der Waals surface area contributed by atoms with Gasteiger partial charge in [-0.3, -0.25) is 0 Å². The molecule has 2 heterocycles. The third-order valence-electron chi connectivity index (χ3n) is 6.27. The molecule has 186 valence electrons. The van der Waals surface area contributed by atoms with Crippen molar-refractivity contribution in [2.45, 2.75) is 20.1 Å². The Morgan fingerprint density at radius 3 is 2.49 bits per heavy atom. The van der Waals surface area contributed by atoms with E-state index in [0.29, 0.717) is 35.2 Å². The molecular formula is C30H26ClN2O4+. The van der Waals surface area contributed by atoms with E-state index in [2.05, 4.69) is 0 Å². The van der Waals surface area contributed by atoms with Crippen LogP contribution in [-0.4, -0.2) is 16.8 Å². The first-order chi connectivity index (χ1) is 17.9. The van der Waals surface area contributed by atoms with Crippen molar-refractivity contribution >= 4 is 17.2 Å². The summed E-state index contributed by atoms with van der Waals surface area (Å²) in [4.78, 5) is 13.6. The second-order valence-corrected chi connectivity index (χ2v) is 9.18. The van der Waals surface area contributed by atoms with Gasteiger partial charge < -0.3 is 14.6 Å². The molecule has 2 aromatic heterocycles. The van der Waals surface area contributed by atoms with Gasteiger partial charge in [-0.25, -0.2) is 4.79 Å². The largest absolute Gasteiger partial charge is 0.508 e. The van der Waals surface area contributed by atoms with Crippen LogP contribution in [-0.2, 0) is 13.2 Å². The van der Waals surface area contributed by atoms with E-state index in [-0.39, 0.29) is 11.3 Å². The fourth-order valence-corrected chi connectivity index (χ4v) is 4.67. The number of methoxy groups -OCH3 is 1. The lowest BCUT2D eigenvalue weighted by molar-refractivity contribution is -0.504. The van der Waals surface area contributed by atoms with Crippen LogP contribution in [0.5, 0.6) is 17.2 Å². The summed E-state index contributed by atoms with van der Waals surface area (Å²) in [7, 11) is 1.60. The number of ether oxygens (including phenoxy) is 2. The van der Waals surface area contributed by atoms with Gasteiger partial charge in [0.2, 0.25) is 0 Å². The molecule has 6 nitrogen and oxygen atoms in total. The highest BCUT2D eigenvalue weighted by atomic mass is 35.5. The van der Waals surface area contributed by atoms with Crippen LogP contribution < -0.4 is 19.4 Å². The second-order valence-electron chi connectivity index (χ2n) is 8.74. The van der Waals surface area contributed by atoms with Crippen LogP contribution >= 0.6 is 11.6 Å². The van der Waals surface area contributed by atoms with E-state index in [9.17, 15) is 9.90 Å². The Bertz CT molecular complexity index is 1640. The molecule has 0 aliphatic rings. The molecule has 3 aromatic carbocycles. The van der Waals surface area contributed by atoms with Gasteiger partial charge in [-0.1, -0.05) is 35.9 Å². The van der Waals surface area contributed by atoms with Gasteiger partial charge in [-0.2, -0.15) is 8.97 Å². The van der Waals surface area contributed by atoms with E-state index in [0.717, 1.165) is 28.0 Å². The highest BCUT2D eigenvalue weighted by molar-refractivity contribution is 6.30. The summed E-state index contributed by atoms with van der Waals surface area (Å²) in [6.45, 7) is 2.54. The van der Waals surface area contributed by atoms with Crippen molar-refractivity contribution in [3.05, 3.63) is 123 Å². The Morgan fingerprint density at radius 2 is 1.73 bits per heavy atom. The minimum atomic E-state index is -0.0884. The van der Waals surface area contributed by atoms with Gasteiger partial charge in [0, 0.05) is 16.7 Å². The molecule has 0 atom stereocenters. The number of hydrogen-bond donors (Lipinski definition) is 1. The van der Waals surface area contributed by atoms with E-state index in [1.54, 1.807) is 23.8 Å². The average Bonchev–Trinajstić information content (AvgIpc) is 2.91. The summed E-state index contributed by atoms with van der Waals surface area (Å²) in [6, 6.07) is 25.8. The number of benzene rings is 3. The fraction of sp³-hybridized carbons (Fsp3) is 0.133. The summed E-state index contributed by atoms with van der Waals surface area (Å²) in [5.74, 6) is 1.37. The van der Waals surface area contributed by atoms with Crippen LogP contribution in [0.15, 0.2) is 95.9 Å². The number of pyridine rings is 1. The Balaban J connectivity index is 1.50. The molecule has 0 saturated carbocycles. The Morgan fingerprint density at radius 1 is 0.919 bits per heavy atom. The highest BCUT2D eigenvalue weighted by Gasteiger charge is 2.22. The number of nitrogens with zero attached hydrogens (tertiary/aromatic N) is 2. The standard InChI is InChI=1S/C30H25ClN2O4/c1-20-29(23-10-12-25(34)13-11-23)32-15-4-3-8-28(32)33(30(20)35)18-21-9-14-26(27(17-21)36-2)37-19-22-6-5-7-24(31)16-22/h3-17H,18-19H2,1-2H3/p+1. The molecule has 1 N–H and O–H groups in total. The van der Waals surface area contributed by atoms with Crippen molar-refractivity contribution in [1.29, 1.82) is 0 Å². The van der Waals surface area contributed by atoms with Crippen LogP contribution in [0, 0.1) is 6.92 Å². The zero-order chi connectivity index (χ0) is 25.9. The van der Waals surface area contributed by atoms with E-state index < -0.39 is 0 Å². The lowest BCUT2D eigenvalue weighted by Gasteiger charge is -2.13. The van der Waals surface area contributed by atoms with E-state index in [1.165, 1.54) is 0 Å². The maximum Gasteiger partial charge on any atom is 0.341 e. The molecule has 0 unspecified atom stereocenters. The first-order valence-electron chi connectivity index (χ1n) is 11.8. The van der Waals surface area contributed by atoms with Gasteiger partial charge in [0.1, 0.15) is 18.9 Å². The minimum Gasteiger partial charge on any atom is -0.508 e. The number of aromatic hydroxyl groups is 1. The third kappa shape index (κ3) is 5.01. The van der Waals surface area contributed by atoms with Crippen LogP contribution in [0.25, 0.3) is 16.9 Å². The number of hydrogen-bond acceptors (Lipinski definition) is 4. The molecule has 0 aliphatic carbocycles. The van der Waals surface area contributed by atoms with Gasteiger partial charge >= 0.3 is 5.56 Å². The predicted molar refractivity (Wildman–Crippen MR) is 144 cm³/mol. The van der Waals surface area contributed by atoms with Gasteiger partial charge in [-0.15, -0.1) is 0 Å². The second kappa shape index (κ2) is 10.4. The lowest BCUT2D eigenvalue weighted by atomic mass is 10.1. The van der Waals surface area contributed by atoms with Crippen LogP contribution in [0.2, 0.25) is 5.02 Å². The van der Waals surface area contributed by atoms with Gasteiger partial charge in [0.15, 0.2) is 17.2 Å². The SMILES string of the molecule is COc1cc(Cn2c(=O)c(C)c(-c3ccc(O)cc3)[n+]3ccccc23)ccc1OCc1cccc(Cl)c1. The fourth-order valence-electron chi connectivity index (χ4n) is 4.46. The topological polar surface area (TPSA) is 64.8 Å². The maximum absolute atomic E-state index is 13.6. The molecular weight excluding hydrogens is 488 g/mol. The number of rotatable bonds is 7. The summed E-state index contributed by atoms with van der Waals surface area (Å²) >= 11 is 6.08. The number of phenols is 1. The summed E-state index contributed by atoms with van der Waals surface area (Å²) in [5, 5.41) is 10.4. The van der Waals surface area contributed by atoms with Crippen molar-refractivity contribution in [2.24, 2.45) is 0 Å². The minimum absolute atomic E-state index is 0.0884. The van der Waals surface area contributed by atoms with E-state index in [4.69, 9.17) is 21.1 Å². The average molecular weight is 514 g/mol. The van der Waals surface area contributed by atoms with Crippen LogP contribution in [0.4, 0.5) is 0 Å². The zero-order valence-electron chi connectivity index (χ0n) is 20.5. The van der Waals surface area contributed by atoms with Crippen LogP contribution in [0.1, 0.15) is 16.7 Å². The molecule has 5 rings (SSSR count). The Labute approximate surface area is 219 Å². The van der Waals surface area contributed by atoms with E-state index >= 15 is 0 Å². The Hall–Kier alpha value is -4.29. The van der Waals surface area contributed by atoms with Gasteiger partial charge in [-0.05, 0) is 72.6 Å². The van der Waals surface area contributed by atoms with Crippen molar-refractivity contribution < 1.29 is 19.0 Å².